The minimum atomic E-state index is -1.59. The van der Waals surface area contributed by atoms with Gasteiger partial charge in [0, 0.05) is 0 Å². The molecule has 4 atom stereocenters. The van der Waals surface area contributed by atoms with Crippen molar-refractivity contribution in [3.8, 4) is 0 Å². The van der Waals surface area contributed by atoms with E-state index in [1.54, 1.807) is 0 Å². The van der Waals surface area contributed by atoms with Crippen molar-refractivity contribution in [1.29, 1.82) is 0 Å². The van der Waals surface area contributed by atoms with Crippen LogP contribution in [-0.4, -0.2) is 62.8 Å². The van der Waals surface area contributed by atoms with Crippen LogP contribution in [0.5, 0.6) is 0 Å². The third-order valence-electron chi connectivity index (χ3n) is 1.56. The monoisotopic (exact) mass is 230 g/mol. The largest absolute Gasteiger partial charge is 0.411 e. The first-order valence-corrected chi connectivity index (χ1v) is 3.62. The summed E-state index contributed by atoms with van der Waals surface area (Å²) in [6.07, 6.45) is -3.76. The summed E-state index contributed by atoms with van der Waals surface area (Å²) < 4.78 is 0. The van der Waals surface area contributed by atoms with Gasteiger partial charge in [-0.05, 0) is 0 Å². The number of hydrogen-bond acceptors (Lipinski definition) is 7. The van der Waals surface area contributed by atoms with E-state index in [4.69, 9.17) is 26.3 Å². The van der Waals surface area contributed by atoms with Crippen LogP contribution < -0.4 is 5.73 Å². The Hall–Kier alpha value is -0.440. The van der Waals surface area contributed by atoms with Crippen molar-refractivity contribution in [2.75, 3.05) is 6.61 Å². The first-order valence-electron chi connectivity index (χ1n) is 3.62. The van der Waals surface area contributed by atoms with Gasteiger partial charge in [0.1, 0.15) is 18.3 Å². The molecule has 14 heavy (non-hydrogen) atoms. The van der Waals surface area contributed by atoms with Gasteiger partial charge in [-0.1, -0.05) is 0 Å². The first-order chi connectivity index (χ1) is 6.04. The molecule has 0 aliphatic rings. The highest BCUT2D eigenvalue weighted by molar-refractivity contribution is 5.85. The van der Waals surface area contributed by atoms with Crippen molar-refractivity contribution in [2.24, 2.45) is 10.9 Å². The first kappa shape index (κ1) is 16.0. The fourth-order valence-electron chi connectivity index (χ4n) is 0.728. The molecule has 0 radical (unpaired) electrons. The van der Waals surface area contributed by atoms with E-state index in [1.807, 2.05) is 0 Å². The quantitative estimate of drug-likeness (QED) is 0.172. The highest BCUT2D eigenvalue weighted by atomic mass is 35.5. The van der Waals surface area contributed by atoms with Crippen LogP contribution in [0, 0.1) is 0 Å². The van der Waals surface area contributed by atoms with Crippen molar-refractivity contribution < 1.29 is 25.6 Å². The normalized spacial score (nSPS) is 19.8. The van der Waals surface area contributed by atoms with Crippen LogP contribution in [-0.2, 0) is 0 Å². The molecule has 0 bridgehead atoms. The Kier molecular flexibility index (Phi) is 9.05. The molecule has 0 saturated carbocycles. The maximum atomic E-state index is 9.17. The van der Waals surface area contributed by atoms with E-state index in [9.17, 15) is 5.11 Å². The number of oxime groups is 1. The second-order valence-electron chi connectivity index (χ2n) is 2.57. The van der Waals surface area contributed by atoms with E-state index in [1.165, 1.54) is 0 Å². The zero-order chi connectivity index (χ0) is 10.4. The lowest BCUT2D eigenvalue weighted by Crippen LogP contribution is -2.49. The Morgan fingerprint density at radius 1 is 1.21 bits per heavy atom. The molecule has 0 aromatic carbocycles. The number of aliphatic hydroxyl groups excluding tert-OH is 4. The number of aliphatic hydroxyl groups is 4. The fraction of sp³-hybridized carbons (Fsp3) is 0.833. The van der Waals surface area contributed by atoms with E-state index in [2.05, 4.69) is 5.16 Å². The van der Waals surface area contributed by atoms with Crippen molar-refractivity contribution in [3.05, 3.63) is 0 Å². The van der Waals surface area contributed by atoms with E-state index >= 15 is 0 Å². The van der Waals surface area contributed by atoms with Gasteiger partial charge < -0.3 is 31.4 Å². The van der Waals surface area contributed by atoms with Crippen LogP contribution in [0.15, 0.2) is 5.16 Å². The second-order valence-corrected chi connectivity index (χ2v) is 2.57. The molecule has 0 aliphatic carbocycles. The Labute approximate surface area is 86.9 Å². The SMILES string of the molecule is Cl.N[C@@H](C=NO)[C@@H](O)[C@H](O)[C@H](O)CO. The van der Waals surface area contributed by atoms with Crippen LogP contribution in [0.1, 0.15) is 0 Å². The molecule has 0 spiro atoms. The Morgan fingerprint density at radius 3 is 2.07 bits per heavy atom. The van der Waals surface area contributed by atoms with Crippen molar-refractivity contribution in [3.63, 3.8) is 0 Å². The Morgan fingerprint density at radius 2 is 1.71 bits per heavy atom. The molecule has 0 fully saturated rings. The summed E-state index contributed by atoms with van der Waals surface area (Å²) in [4.78, 5) is 0. The lowest BCUT2D eigenvalue weighted by Gasteiger charge is -2.23. The number of hydrogen-bond donors (Lipinski definition) is 6. The Balaban J connectivity index is 0. The molecule has 0 rings (SSSR count). The van der Waals surface area contributed by atoms with Crippen LogP contribution >= 0.6 is 12.4 Å². The lowest BCUT2D eigenvalue weighted by atomic mass is 10.0. The molecule has 8 heteroatoms. The summed E-state index contributed by atoms with van der Waals surface area (Å²) in [6, 6.07) is -1.11. The average Bonchev–Trinajstić information content (AvgIpc) is 2.14. The van der Waals surface area contributed by atoms with Crippen LogP contribution in [0.3, 0.4) is 0 Å². The van der Waals surface area contributed by atoms with Crippen molar-refractivity contribution >= 4 is 18.6 Å². The highest BCUT2D eigenvalue weighted by Crippen LogP contribution is 2.02. The minimum Gasteiger partial charge on any atom is -0.411 e. The van der Waals surface area contributed by atoms with Gasteiger partial charge in [-0.15, -0.1) is 17.6 Å². The molecule has 0 heterocycles. The summed E-state index contributed by atoms with van der Waals surface area (Å²) in [5.74, 6) is 0. The highest BCUT2D eigenvalue weighted by Gasteiger charge is 2.28. The maximum Gasteiger partial charge on any atom is 0.110 e. The number of nitrogens with two attached hydrogens (primary N) is 1. The van der Waals surface area contributed by atoms with E-state index < -0.39 is 31.0 Å². The topological polar surface area (TPSA) is 140 Å². The number of rotatable bonds is 5. The summed E-state index contributed by atoms with van der Waals surface area (Å²) in [6.45, 7) is -0.693. The van der Waals surface area contributed by atoms with Crippen LogP contribution in [0.2, 0.25) is 0 Å². The molecule has 0 aromatic rings. The van der Waals surface area contributed by atoms with Gasteiger partial charge in [-0.3, -0.25) is 0 Å². The van der Waals surface area contributed by atoms with Gasteiger partial charge >= 0.3 is 0 Å². The molecule has 0 aliphatic heterocycles. The summed E-state index contributed by atoms with van der Waals surface area (Å²) >= 11 is 0. The zero-order valence-corrected chi connectivity index (χ0v) is 8.08. The van der Waals surface area contributed by atoms with Gasteiger partial charge in [0.25, 0.3) is 0 Å². The molecule has 0 saturated heterocycles. The summed E-state index contributed by atoms with van der Waals surface area (Å²) in [5, 5.41) is 46.2. The predicted octanol–water partition coefficient (Wildman–Crippen LogP) is -2.73. The standard InChI is InChI=1S/C6H14N2O5.ClH/c7-3(1-8-13)5(11)6(12)4(10)2-9;/h1,3-6,9-13H,2,7H2;1H/t3-,4+,5+,6+;/m0./s1. The number of halogens is 1. The lowest BCUT2D eigenvalue weighted by molar-refractivity contribution is -0.0772. The van der Waals surface area contributed by atoms with Crippen molar-refractivity contribution in [1.82, 2.24) is 0 Å². The van der Waals surface area contributed by atoms with Crippen LogP contribution in [0.4, 0.5) is 0 Å². The third kappa shape index (κ3) is 4.70. The van der Waals surface area contributed by atoms with Gasteiger partial charge in [-0.25, -0.2) is 0 Å². The second kappa shape index (κ2) is 7.92. The van der Waals surface area contributed by atoms with Crippen molar-refractivity contribution in [2.45, 2.75) is 24.4 Å². The summed E-state index contributed by atoms with van der Waals surface area (Å²) in [7, 11) is 0. The molecule has 0 unspecified atom stereocenters. The van der Waals surface area contributed by atoms with Gasteiger partial charge in [0.05, 0.1) is 18.9 Å². The maximum absolute atomic E-state index is 9.17. The zero-order valence-electron chi connectivity index (χ0n) is 7.26. The minimum absolute atomic E-state index is 0. The molecular formula is C6H15ClN2O5. The van der Waals surface area contributed by atoms with E-state index in [-0.39, 0.29) is 12.4 Å². The van der Waals surface area contributed by atoms with Gasteiger partial charge in [-0.2, -0.15) is 0 Å². The van der Waals surface area contributed by atoms with Gasteiger partial charge in [0.2, 0.25) is 0 Å². The molecule has 0 amide bonds. The molecule has 7 nitrogen and oxygen atoms in total. The van der Waals surface area contributed by atoms with E-state index in [0.717, 1.165) is 6.21 Å². The van der Waals surface area contributed by atoms with Crippen LogP contribution in [0.25, 0.3) is 0 Å². The number of nitrogens with zero attached hydrogens (tertiary/aromatic N) is 1. The Bertz CT molecular complexity index is 170. The fourth-order valence-corrected chi connectivity index (χ4v) is 0.728. The van der Waals surface area contributed by atoms with E-state index in [0.29, 0.717) is 0 Å². The third-order valence-corrected chi connectivity index (χ3v) is 1.56. The summed E-state index contributed by atoms with van der Waals surface area (Å²) in [5.41, 5.74) is 5.21. The molecule has 0 aromatic heterocycles. The molecular weight excluding hydrogens is 216 g/mol. The molecule has 86 valence electrons. The van der Waals surface area contributed by atoms with Gasteiger partial charge in [0.15, 0.2) is 0 Å². The predicted molar refractivity (Wildman–Crippen MR) is 50.6 cm³/mol. The smallest absolute Gasteiger partial charge is 0.110 e. The molecule has 7 N–H and O–H groups in total. The average molecular weight is 231 g/mol.